The molecule has 0 saturated carbocycles. The topological polar surface area (TPSA) is 80.1 Å². The molecule has 142 valence electrons. The van der Waals surface area contributed by atoms with E-state index in [1.807, 2.05) is 49.4 Å². The fraction of sp³-hybridized carbons (Fsp3) is 0.300. The Morgan fingerprint density at radius 3 is 2.56 bits per heavy atom. The van der Waals surface area contributed by atoms with Crippen LogP contribution in [0.5, 0.6) is 5.75 Å². The zero-order valence-corrected chi connectivity index (χ0v) is 16.0. The molecule has 3 aromatic rings. The Labute approximate surface area is 162 Å². The molecule has 0 amide bonds. The van der Waals surface area contributed by atoms with E-state index in [1.165, 1.54) is 11.8 Å². The Hall–Kier alpha value is -2.51. The first-order chi connectivity index (χ1) is 13.2. The molecule has 1 atom stereocenters. The molecule has 0 saturated heterocycles. The van der Waals surface area contributed by atoms with E-state index in [9.17, 15) is 9.90 Å². The number of ether oxygens (including phenoxy) is 1. The minimum absolute atomic E-state index is 0.181. The van der Waals surface area contributed by atoms with E-state index >= 15 is 0 Å². The van der Waals surface area contributed by atoms with Crippen molar-refractivity contribution >= 4 is 11.8 Å². The van der Waals surface area contributed by atoms with Crippen molar-refractivity contribution < 1.29 is 9.84 Å². The lowest BCUT2D eigenvalue weighted by atomic mass is 10.1. The summed E-state index contributed by atoms with van der Waals surface area (Å²) in [6.07, 6.45) is 0.183. The summed E-state index contributed by atoms with van der Waals surface area (Å²) in [6.45, 7) is 2.79. The lowest BCUT2D eigenvalue weighted by Gasteiger charge is -2.12. The monoisotopic (exact) mass is 385 g/mol. The summed E-state index contributed by atoms with van der Waals surface area (Å²) in [5.74, 6) is 1.11. The molecule has 0 bridgehead atoms. The largest absolute Gasteiger partial charge is 0.491 e. The number of thioether (sulfide) groups is 1. The molecule has 1 aromatic heterocycles. The Morgan fingerprint density at radius 2 is 1.85 bits per heavy atom. The average Bonchev–Trinajstić information content (AvgIpc) is 3.06. The van der Waals surface area contributed by atoms with Crippen molar-refractivity contribution in [2.24, 2.45) is 0 Å². The summed E-state index contributed by atoms with van der Waals surface area (Å²) < 4.78 is 7.25. The molecule has 1 heterocycles. The molecular weight excluding hydrogens is 362 g/mol. The van der Waals surface area contributed by atoms with Crippen molar-refractivity contribution in [3.05, 3.63) is 65.1 Å². The van der Waals surface area contributed by atoms with Gasteiger partial charge in [-0.25, -0.2) is 9.89 Å². The molecule has 7 heteroatoms. The summed E-state index contributed by atoms with van der Waals surface area (Å²) in [5, 5.41) is 17.2. The van der Waals surface area contributed by atoms with Gasteiger partial charge in [0.15, 0.2) is 5.16 Å². The van der Waals surface area contributed by atoms with Crippen LogP contribution in [0.1, 0.15) is 13.3 Å². The molecule has 0 spiro atoms. The molecule has 0 aliphatic carbocycles. The maximum atomic E-state index is 11.7. The third-order valence-corrected chi connectivity index (χ3v) is 5.10. The zero-order chi connectivity index (χ0) is 19.1. The smallest absolute Gasteiger partial charge is 0.343 e. The van der Waals surface area contributed by atoms with E-state index in [4.69, 9.17) is 4.74 Å². The number of benzene rings is 2. The van der Waals surface area contributed by atoms with Crippen LogP contribution in [0.2, 0.25) is 0 Å². The fourth-order valence-electron chi connectivity index (χ4n) is 2.62. The van der Waals surface area contributed by atoms with Gasteiger partial charge in [-0.1, -0.05) is 61.2 Å². The van der Waals surface area contributed by atoms with Crippen LogP contribution >= 0.6 is 11.8 Å². The second-order valence-electron chi connectivity index (χ2n) is 6.13. The van der Waals surface area contributed by atoms with Crippen LogP contribution in [0.4, 0.5) is 0 Å². The second-order valence-corrected chi connectivity index (χ2v) is 7.12. The maximum absolute atomic E-state index is 11.7. The number of aliphatic hydroxyl groups is 1. The fourth-order valence-corrected chi connectivity index (χ4v) is 3.50. The van der Waals surface area contributed by atoms with E-state index in [1.54, 1.807) is 4.57 Å². The summed E-state index contributed by atoms with van der Waals surface area (Å²) in [5.41, 5.74) is 2.05. The lowest BCUT2D eigenvalue weighted by Crippen LogP contribution is -2.21. The number of nitrogens with one attached hydrogen (secondary N) is 1. The van der Waals surface area contributed by atoms with E-state index in [2.05, 4.69) is 22.3 Å². The van der Waals surface area contributed by atoms with Gasteiger partial charge in [0.2, 0.25) is 0 Å². The maximum Gasteiger partial charge on any atom is 0.343 e. The van der Waals surface area contributed by atoms with Gasteiger partial charge in [0.25, 0.3) is 0 Å². The molecule has 0 aliphatic heterocycles. The lowest BCUT2D eigenvalue weighted by molar-refractivity contribution is 0.126. The number of nitrogens with zero attached hydrogens (tertiary/aromatic N) is 2. The quantitative estimate of drug-likeness (QED) is 0.553. The van der Waals surface area contributed by atoms with Gasteiger partial charge in [-0.3, -0.25) is 4.57 Å². The molecule has 2 aromatic carbocycles. The highest BCUT2D eigenvalue weighted by molar-refractivity contribution is 7.99. The summed E-state index contributed by atoms with van der Waals surface area (Å²) >= 11 is 1.34. The van der Waals surface area contributed by atoms with Crippen LogP contribution < -0.4 is 10.4 Å². The molecule has 0 fully saturated rings. The van der Waals surface area contributed by atoms with E-state index in [0.29, 0.717) is 23.2 Å². The minimum Gasteiger partial charge on any atom is -0.491 e. The van der Waals surface area contributed by atoms with Gasteiger partial charge < -0.3 is 9.84 Å². The molecule has 3 rings (SSSR count). The Morgan fingerprint density at radius 1 is 1.15 bits per heavy atom. The van der Waals surface area contributed by atoms with Gasteiger partial charge in [-0.2, -0.15) is 0 Å². The third kappa shape index (κ3) is 5.24. The Bertz CT molecular complexity index is 891. The first-order valence-electron chi connectivity index (χ1n) is 8.91. The third-order valence-electron chi connectivity index (χ3n) is 3.98. The minimum atomic E-state index is -0.661. The SMILES string of the molecule is CCCn1c(SC[C@@H](O)COc2ccc(-c3ccccc3)cc2)n[nH]c1=O. The Kier molecular flexibility index (Phi) is 6.73. The van der Waals surface area contributed by atoms with E-state index < -0.39 is 6.10 Å². The van der Waals surface area contributed by atoms with Gasteiger partial charge in [0.1, 0.15) is 12.4 Å². The van der Waals surface area contributed by atoms with Crippen molar-refractivity contribution in [2.45, 2.75) is 31.1 Å². The molecule has 6 nitrogen and oxygen atoms in total. The molecule has 0 aliphatic rings. The first kappa shape index (κ1) is 19.3. The van der Waals surface area contributed by atoms with Gasteiger partial charge in [0, 0.05) is 12.3 Å². The number of aliphatic hydroxyl groups excluding tert-OH is 1. The van der Waals surface area contributed by atoms with Crippen molar-refractivity contribution in [3.63, 3.8) is 0 Å². The van der Waals surface area contributed by atoms with E-state index in [-0.39, 0.29) is 12.3 Å². The standard InChI is InChI=1S/C20H23N3O3S/c1-2-12-23-19(25)21-22-20(23)27-14-17(24)13-26-18-10-8-16(9-11-18)15-6-4-3-5-7-15/h3-11,17,24H,2,12-14H2,1H3,(H,21,25)/t17-/m0/s1. The van der Waals surface area contributed by atoms with Crippen LogP contribution in [0.3, 0.4) is 0 Å². The second kappa shape index (κ2) is 9.43. The van der Waals surface area contributed by atoms with Gasteiger partial charge in [-0.15, -0.1) is 5.10 Å². The van der Waals surface area contributed by atoms with Gasteiger partial charge in [-0.05, 0) is 29.7 Å². The van der Waals surface area contributed by atoms with Crippen molar-refractivity contribution in [2.75, 3.05) is 12.4 Å². The predicted octanol–water partition coefficient (Wildman–Crippen LogP) is 3.18. The highest BCUT2D eigenvalue weighted by atomic mass is 32.2. The van der Waals surface area contributed by atoms with Gasteiger partial charge in [0.05, 0.1) is 6.10 Å². The average molecular weight is 385 g/mol. The van der Waals surface area contributed by atoms with Gasteiger partial charge >= 0.3 is 5.69 Å². The van der Waals surface area contributed by atoms with Crippen molar-refractivity contribution in [1.29, 1.82) is 0 Å². The molecular formula is C20H23N3O3S. The number of rotatable bonds is 9. The number of hydrogen-bond acceptors (Lipinski definition) is 5. The van der Waals surface area contributed by atoms with E-state index in [0.717, 1.165) is 17.5 Å². The summed E-state index contributed by atoms with van der Waals surface area (Å²) in [4.78, 5) is 11.7. The number of aromatic amines is 1. The molecule has 0 radical (unpaired) electrons. The molecule has 27 heavy (non-hydrogen) atoms. The van der Waals surface area contributed by atoms with Crippen molar-refractivity contribution in [1.82, 2.24) is 14.8 Å². The van der Waals surface area contributed by atoms with Crippen LogP contribution in [-0.4, -0.2) is 38.3 Å². The highest BCUT2D eigenvalue weighted by Crippen LogP contribution is 2.22. The predicted molar refractivity (Wildman–Crippen MR) is 107 cm³/mol. The molecule has 0 unspecified atom stereocenters. The summed E-state index contributed by atoms with van der Waals surface area (Å²) in [7, 11) is 0. The Balaban J connectivity index is 1.49. The number of aromatic nitrogens is 3. The van der Waals surface area contributed by atoms with Crippen LogP contribution in [0, 0.1) is 0 Å². The van der Waals surface area contributed by atoms with Crippen LogP contribution in [0.25, 0.3) is 11.1 Å². The highest BCUT2D eigenvalue weighted by Gasteiger charge is 2.12. The molecule has 2 N–H and O–H groups in total. The first-order valence-corrected chi connectivity index (χ1v) is 9.90. The zero-order valence-electron chi connectivity index (χ0n) is 15.2. The summed E-state index contributed by atoms with van der Waals surface area (Å²) in [6, 6.07) is 17.9. The number of H-pyrrole nitrogens is 1. The normalized spacial score (nSPS) is 12.1. The van der Waals surface area contributed by atoms with Crippen LogP contribution in [-0.2, 0) is 6.54 Å². The van der Waals surface area contributed by atoms with Crippen LogP contribution in [0.15, 0.2) is 64.5 Å². The van der Waals surface area contributed by atoms with Crippen molar-refractivity contribution in [3.8, 4) is 16.9 Å². The number of hydrogen-bond donors (Lipinski definition) is 2.